The van der Waals surface area contributed by atoms with Crippen molar-refractivity contribution in [1.29, 1.82) is 0 Å². The van der Waals surface area contributed by atoms with Crippen molar-refractivity contribution in [2.75, 3.05) is 18.0 Å². The number of urea groups is 1. The van der Waals surface area contributed by atoms with E-state index in [1.165, 1.54) is 29.5 Å². The van der Waals surface area contributed by atoms with Crippen LogP contribution in [0.15, 0.2) is 12.1 Å². The highest BCUT2D eigenvalue weighted by Crippen LogP contribution is 2.44. The van der Waals surface area contributed by atoms with Crippen LogP contribution < -0.4 is 15.5 Å². The van der Waals surface area contributed by atoms with Gasteiger partial charge in [0, 0.05) is 31.9 Å². The van der Waals surface area contributed by atoms with Gasteiger partial charge in [0.05, 0.1) is 0 Å². The summed E-state index contributed by atoms with van der Waals surface area (Å²) in [5, 5.41) is 6.37. The predicted octanol–water partition coefficient (Wildman–Crippen LogP) is 3.11. The Balaban J connectivity index is 0.000000636. The van der Waals surface area contributed by atoms with Crippen molar-refractivity contribution in [3.63, 3.8) is 0 Å². The van der Waals surface area contributed by atoms with Crippen molar-refractivity contribution in [3.8, 4) is 0 Å². The molecule has 2 amide bonds. The smallest absolute Gasteiger partial charge is 0.321 e. The van der Waals surface area contributed by atoms with Gasteiger partial charge in [-0.15, -0.1) is 0 Å². The van der Waals surface area contributed by atoms with Crippen molar-refractivity contribution in [2.24, 2.45) is 0 Å². The number of hydrogen-bond acceptors (Lipinski definition) is 2. The first-order valence-corrected chi connectivity index (χ1v) is 8.25. The Bertz CT molecular complexity index is 537. The molecule has 1 aromatic carbocycles. The summed E-state index contributed by atoms with van der Waals surface area (Å²) < 4.78 is 0. The van der Waals surface area contributed by atoms with Gasteiger partial charge in [-0.05, 0) is 54.0 Å². The maximum absolute atomic E-state index is 12.0. The first-order valence-electron chi connectivity index (χ1n) is 8.25. The van der Waals surface area contributed by atoms with Crippen molar-refractivity contribution < 1.29 is 4.79 Å². The fourth-order valence-electron chi connectivity index (χ4n) is 3.22. The summed E-state index contributed by atoms with van der Waals surface area (Å²) in [6.07, 6.45) is 3.64. The molecule has 3 aliphatic rings. The number of nitrogens with one attached hydrogen (secondary N) is 2. The largest absolute Gasteiger partial charge is 0.338 e. The number of carbonyl (C=O) groups is 1. The molecule has 0 atom stereocenters. The Kier molecular flexibility index (Phi) is 4.15. The van der Waals surface area contributed by atoms with E-state index in [9.17, 15) is 4.79 Å². The summed E-state index contributed by atoms with van der Waals surface area (Å²) >= 11 is 0. The van der Waals surface area contributed by atoms with Gasteiger partial charge in [0.1, 0.15) is 0 Å². The number of fused-ring (bicyclic) bond motifs is 1. The molecule has 1 aliphatic carbocycles. The molecule has 4 rings (SSSR count). The molecule has 0 spiro atoms. The van der Waals surface area contributed by atoms with E-state index in [-0.39, 0.29) is 6.03 Å². The zero-order chi connectivity index (χ0) is 14.8. The molecule has 2 N–H and O–H groups in total. The first-order chi connectivity index (χ1) is 10.3. The molecule has 0 aromatic heterocycles. The molecule has 114 valence electrons. The van der Waals surface area contributed by atoms with Crippen molar-refractivity contribution >= 4 is 11.7 Å². The molecular weight excluding hydrogens is 262 g/mol. The quantitative estimate of drug-likeness (QED) is 0.878. The molecular formula is C17H25N3O. The molecule has 4 heteroatoms. The number of hydrogen-bond donors (Lipinski definition) is 2. The van der Waals surface area contributed by atoms with Gasteiger partial charge < -0.3 is 10.6 Å². The van der Waals surface area contributed by atoms with Crippen LogP contribution in [0, 0.1) is 0 Å². The normalized spacial score (nSPS) is 20.5. The topological polar surface area (TPSA) is 44.4 Å². The van der Waals surface area contributed by atoms with Crippen molar-refractivity contribution in [2.45, 2.75) is 52.1 Å². The molecule has 1 aromatic rings. The highest BCUT2D eigenvalue weighted by atomic mass is 16.2. The van der Waals surface area contributed by atoms with Crippen LogP contribution in [0.3, 0.4) is 0 Å². The number of benzene rings is 1. The Hall–Kier alpha value is -1.55. The zero-order valence-corrected chi connectivity index (χ0v) is 13.0. The summed E-state index contributed by atoms with van der Waals surface area (Å²) in [4.78, 5) is 13.9. The molecule has 1 saturated carbocycles. The number of nitrogens with zero attached hydrogens (tertiary/aromatic N) is 1. The number of rotatable bonds is 2. The molecule has 21 heavy (non-hydrogen) atoms. The van der Waals surface area contributed by atoms with E-state index in [2.05, 4.69) is 22.8 Å². The van der Waals surface area contributed by atoms with Crippen LogP contribution in [0.4, 0.5) is 10.5 Å². The van der Waals surface area contributed by atoms with Gasteiger partial charge in [-0.1, -0.05) is 13.8 Å². The molecule has 0 unspecified atom stereocenters. The highest BCUT2D eigenvalue weighted by molar-refractivity contribution is 5.93. The fourth-order valence-corrected chi connectivity index (χ4v) is 3.22. The Morgan fingerprint density at radius 1 is 1.19 bits per heavy atom. The summed E-state index contributed by atoms with van der Waals surface area (Å²) in [5.74, 6) is 0.737. The highest BCUT2D eigenvalue weighted by Gasteiger charge is 2.30. The summed E-state index contributed by atoms with van der Waals surface area (Å²) in [6.45, 7) is 7.57. The van der Waals surface area contributed by atoms with E-state index < -0.39 is 0 Å². The summed E-state index contributed by atoms with van der Waals surface area (Å²) in [5.41, 5.74) is 5.44. The fraction of sp³-hybridized carbons (Fsp3) is 0.588. The zero-order valence-electron chi connectivity index (χ0n) is 13.0. The molecule has 1 saturated heterocycles. The van der Waals surface area contributed by atoms with Gasteiger partial charge in [-0.2, -0.15) is 0 Å². The van der Waals surface area contributed by atoms with E-state index in [1.807, 2.05) is 18.7 Å². The lowest BCUT2D eigenvalue weighted by atomic mass is 9.98. The minimum absolute atomic E-state index is 0.0545. The van der Waals surface area contributed by atoms with Crippen molar-refractivity contribution in [1.82, 2.24) is 10.6 Å². The van der Waals surface area contributed by atoms with Gasteiger partial charge >= 0.3 is 6.03 Å². The third-order valence-electron chi connectivity index (χ3n) is 4.39. The minimum atomic E-state index is 0.0545. The van der Waals surface area contributed by atoms with Crippen LogP contribution >= 0.6 is 0 Å². The minimum Gasteiger partial charge on any atom is -0.338 e. The number of carbonyl (C=O) groups excluding carboxylic acids is 1. The van der Waals surface area contributed by atoms with Crippen LogP contribution in [0.1, 0.15) is 55.7 Å². The lowest BCUT2D eigenvalue weighted by Gasteiger charge is -2.28. The monoisotopic (exact) mass is 287 g/mol. The third-order valence-corrected chi connectivity index (χ3v) is 4.39. The molecule has 2 heterocycles. The van der Waals surface area contributed by atoms with Crippen LogP contribution in [0.25, 0.3) is 0 Å². The van der Waals surface area contributed by atoms with Gasteiger partial charge in [-0.25, -0.2) is 4.79 Å². The van der Waals surface area contributed by atoms with E-state index >= 15 is 0 Å². The van der Waals surface area contributed by atoms with Crippen LogP contribution in [0.2, 0.25) is 0 Å². The molecule has 2 fully saturated rings. The maximum atomic E-state index is 12.0. The first kappa shape index (κ1) is 14.4. The molecule has 4 nitrogen and oxygen atoms in total. The standard InChI is InChI=1S/C15H19N3O.C2H6/c19-15-17-4-1-5-18(15)12-6-11-8-16-9-14(11)13(7-12)10-2-3-10;1-2/h6-7,10,16H,1-5,8-9H2,(H,17,19);1-2H3. The Morgan fingerprint density at radius 3 is 2.71 bits per heavy atom. The number of anilines is 1. The summed E-state index contributed by atoms with van der Waals surface area (Å²) in [6, 6.07) is 4.51. The van der Waals surface area contributed by atoms with E-state index in [1.54, 1.807) is 0 Å². The Labute approximate surface area is 126 Å². The maximum Gasteiger partial charge on any atom is 0.321 e. The van der Waals surface area contributed by atoms with Gasteiger partial charge in [0.15, 0.2) is 0 Å². The van der Waals surface area contributed by atoms with Crippen LogP contribution in [-0.4, -0.2) is 19.1 Å². The molecule has 0 bridgehead atoms. The average molecular weight is 287 g/mol. The second kappa shape index (κ2) is 6.06. The molecule has 0 radical (unpaired) electrons. The van der Waals surface area contributed by atoms with E-state index in [0.29, 0.717) is 0 Å². The average Bonchev–Trinajstić information content (AvgIpc) is 3.26. The second-order valence-corrected chi connectivity index (χ2v) is 5.79. The van der Waals surface area contributed by atoms with E-state index in [4.69, 9.17) is 0 Å². The van der Waals surface area contributed by atoms with E-state index in [0.717, 1.165) is 44.2 Å². The lowest BCUT2D eigenvalue weighted by molar-refractivity contribution is 0.243. The summed E-state index contributed by atoms with van der Waals surface area (Å²) in [7, 11) is 0. The Morgan fingerprint density at radius 2 is 2.00 bits per heavy atom. The van der Waals surface area contributed by atoms with Gasteiger partial charge in [0.25, 0.3) is 0 Å². The third kappa shape index (κ3) is 2.77. The number of amides is 2. The van der Waals surface area contributed by atoms with Crippen molar-refractivity contribution in [3.05, 3.63) is 28.8 Å². The second-order valence-electron chi connectivity index (χ2n) is 5.79. The van der Waals surface area contributed by atoms with Gasteiger partial charge in [0.2, 0.25) is 0 Å². The van der Waals surface area contributed by atoms with Gasteiger partial charge in [-0.3, -0.25) is 4.90 Å². The van der Waals surface area contributed by atoms with Crippen LogP contribution in [0.5, 0.6) is 0 Å². The SMILES string of the molecule is CC.O=C1NCCCN1c1cc2c(c(C3CC3)c1)CNC2. The molecule has 2 aliphatic heterocycles. The predicted molar refractivity (Wildman–Crippen MR) is 85.7 cm³/mol. The van der Waals surface area contributed by atoms with Crippen LogP contribution in [-0.2, 0) is 13.1 Å². The lowest BCUT2D eigenvalue weighted by Crippen LogP contribution is -2.46.